The van der Waals surface area contributed by atoms with Crippen LogP contribution in [0.5, 0.6) is 0 Å². The third-order valence-corrected chi connectivity index (χ3v) is 5.09. The van der Waals surface area contributed by atoms with E-state index in [4.69, 9.17) is 0 Å². The van der Waals surface area contributed by atoms with Crippen LogP contribution in [-0.2, 0) is 0 Å². The lowest BCUT2D eigenvalue weighted by Crippen LogP contribution is -2.45. The van der Waals surface area contributed by atoms with Gasteiger partial charge in [0, 0.05) is 19.6 Å². The Balaban J connectivity index is 1.78. The maximum Gasteiger partial charge on any atom is 0.00231 e. The SMILES string of the molecule is CC(C)C1(CNCC2(C)CCC2)CCNC1. The first-order valence-corrected chi connectivity index (χ1v) is 6.98. The minimum absolute atomic E-state index is 0.514. The molecule has 2 fully saturated rings. The first kappa shape index (κ1) is 12.4. The number of nitrogens with one attached hydrogen (secondary N) is 2. The molecule has 2 aliphatic rings. The van der Waals surface area contributed by atoms with Gasteiger partial charge in [-0.3, -0.25) is 0 Å². The van der Waals surface area contributed by atoms with Crippen molar-refractivity contribution in [3.63, 3.8) is 0 Å². The first-order valence-electron chi connectivity index (χ1n) is 6.98. The summed E-state index contributed by atoms with van der Waals surface area (Å²) in [4.78, 5) is 0. The molecule has 16 heavy (non-hydrogen) atoms. The molecule has 0 radical (unpaired) electrons. The predicted octanol–water partition coefficient (Wildman–Crippen LogP) is 2.40. The van der Waals surface area contributed by atoms with Crippen molar-refractivity contribution >= 4 is 0 Å². The summed E-state index contributed by atoms with van der Waals surface area (Å²) >= 11 is 0. The van der Waals surface area contributed by atoms with Gasteiger partial charge in [-0.2, -0.15) is 0 Å². The summed E-state index contributed by atoms with van der Waals surface area (Å²) in [6, 6.07) is 0. The van der Waals surface area contributed by atoms with Crippen molar-refractivity contribution in [2.75, 3.05) is 26.2 Å². The zero-order chi connectivity index (χ0) is 11.6. The van der Waals surface area contributed by atoms with Gasteiger partial charge in [-0.15, -0.1) is 0 Å². The molecule has 2 heteroatoms. The molecule has 0 aromatic heterocycles. The summed E-state index contributed by atoms with van der Waals surface area (Å²) < 4.78 is 0. The van der Waals surface area contributed by atoms with Crippen molar-refractivity contribution in [3.05, 3.63) is 0 Å². The lowest BCUT2D eigenvalue weighted by atomic mass is 9.70. The largest absolute Gasteiger partial charge is 0.316 e. The Bertz CT molecular complexity index is 225. The second kappa shape index (κ2) is 4.66. The van der Waals surface area contributed by atoms with Gasteiger partial charge in [-0.1, -0.05) is 27.2 Å². The summed E-state index contributed by atoms with van der Waals surface area (Å²) in [5, 5.41) is 7.28. The molecule has 2 N–H and O–H groups in total. The molecule has 1 saturated heterocycles. The van der Waals surface area contributed by atoms with Gasteiger partial charge >= 0.3 is 0 Å². The fraction of sp³-hybridized carbons (Fsp3) is 1.00. The highest BCUT2D eigenvalue weighted by Gasteiger charge is 2.38. The highest BCUT2D eigenvalue weighted by atomic mass is 15.0. The number of rotatable bonds is 5. The van der Waals surface area contributed by atoms with E-state index in [-0.39, 0.29) is 0 Å². The maximum atomic E-state index is 3.75. The third kappa shape index (κ3) is 2.43. The Labute approximate surface area is 101 Å². The molecule has 1 atom stereocenters. The molecule has 0 bridgehead atoms. The van der Waals surface area contributed by atoms with Crippen LogP contribution in [0.1, 0.15) is 46.5 Å². The van der Waals surface area contributed by atoms with E-state index >= 15 is 0 Å². The molecule has 0 spiro atoms. The van der Waals surface area contributed by atoms with Gasteiger partial charge < -0.3 is 10.6 Å². The van der Waals surface area contributed by atoms with Crippen LogP contribution in [0.3, 0.4) is 0 Å². The zero-order valence-electron chi connectivity index (χ0n) is 11.2. The second-order valence-electron chi connectivity index (χ2n) is 6.71. The molecule has 0 aromatic rings. The molecule has 2 nitrogen and oxygen atoms in total. The lowest BCUT2D eigenvalue weighted by Gasteiger charge is -2.40. The van der Waals surface area contributed by atoms with Crippen LogP contribution in [-0.4, -0.2) is 26.2 Å². The Kier molecular flexibility index (Phi) is 3.60. The van der Waals surface area contributed by atoms with Crippen molar-refractivity contribution in [3.8, 4) is 0 Å². The van der Waals surface area contributed by atoms with Gasteiger partial charge in [0.05, 0.1) is 0 Å². The van der Waals surface area contributed by atoms with Crippen LogP contribution >= 0.6 is 0 Å². The summed E-state index contributed by atoms with van der Waals surface area (Å²) in [6.07, 6.45) is 5.63. The minimum Gasteiger partial charge on any atom is -0.316 e. The van der Waals surface area contributed by atoms with Crippen LogP contribution < -0.4 is 10.6 Å². The molecule has 1 aliphatic heterocycles. The van der Waals surface area contributed by atoms with E-state index in [2.05, 4.69) is 31.4 Å². The summed E-state index contributed by atoms with van der Waals surface area (Å²) in [5.41, 5.74) is 1.13. The third-order valence-electron chi connectivity index (χ3n) is 5.09. The molecule has 0 aromatic carbocycles. The van der Waals surface area contributed by atoms with E-state index in [1.54, 1.807) is 0 Å². The predicted molar refractivity (Wildman–Crippen MR) is 69.6 cm³/mol. The van der Waals surface area contributed by atoms with Gasteiger partial charge in [0.15, 0.2) is 0 Å². The topological polar surface area (TPSA) is 24.1 Å². The van der Waals surface area contributed by atoms with Crippen LogP contribution in [0, 0.1) is 16.7 Å². The van der Waals surface area contributed by atoms with Crippen molar-refractivity contribution in [2.45, 2.75) is 46.5 Å². The van der Waals surface area contributed by atoms with Gasteiger partial charge in [0.2, 0.25) is 0 Å². The molecule has 1 heterocycles. The molecule has 2 rings (SSSR count). The number of hydrogen-bond acceptors (Lipinski definition) is 2. The maximum absolute atomic E-state index is 3.75. The fourth-order valence-corrected chi connectivity index (χ4v) is 3.18. The molecule has 94 valence electrons. The van der Waals surface area contributed by atoms with Crippen molar-refractivity contribution in [1.82, 2.24) is 10.6 Å². The highest BCUT2D eigenvalue weighted by molar-refractivity contribution is 4.93. The quantitative estimate of drug-likeness (QED) is 0.749. The second-order valence-corrected chi connectivity index (χ2v) is 6.71. The van der Waals surface area contributed by atoms with E-state index in [9.17, 15) is 0 Å². The molecular weight excluding hydrogens is 196 g/mol. The van der Waals surface area contributed by atoms with Gasteiger partial charge in [0.1, 0.15) is 0 Å². The van der Waals surface area contributed by atoms with E-state index in [1.807, 2.05) is 0 Å². The van der Waals surface area contributed by atoms with E-state index < -0.39 is 0 Å². The average Bonchev–Trinajstić information content (AvgIpc) is 2.65. The van der Waals surface area contributed by atoms with Crippen molar-refractivity contribution in [1.29, 1.82) is 0 Å². The van der Waals surface area contributed by atoms with E-state index in [0.717, 1.165) is 5.92 Å². The van der Waals surface area contributed by atoms with Crippen LogP contribution in [0.25, 0.3) is 0 Å². The highest BCUT2D eigenvalue weighted by Crippen LogP contribution is 2.40. The Morgan fingerprint density at radius 3 is 2.38 bits per heavy atom. The molecule has 1 aliphatic carbocycles. The van der Waals surface area contributed by atoms with Gasteiger partial charge in [-0.05, 0) is 42.6 Å². The Hall–Kier alpha value is -0.0800. The molecular formula is C14H28N2. The summed E-state index contributed by atoms with van der Waals surface area (Å²) in [6.45, 7) is 12.0. The molecule has 0 amide bonds. The normalized spacial score (nSPS) is 33.0. The number of hydrogen-bond donors (Lipinski definition) is 2. The van der Waals surface area contributed by atoms with Crippen LogP contribution in [0.4, 0.5) is 0 Å². The Morgan fingerprint density at radius 1 is 1.19 bits per heavy atom. The molecule has 1 unspecified atom stereocenters. The fourth-order valence-electron chi connectivity index (χ4n) is 3.18. The summed E-state index contributed by atoms with van der Waals surface area (Å²) in [7, 11) is 0. The van der Waals surface area contributed by atoms with E-state index in [1.165, 1.54) is 51.9 Å². The first-order chi connectivity index (χ1) is 7.56. The molecule has 1 saturated carbocycles. The van der Waals surface area contributed by atoms with Gasteiger partial charge in [-0.25, -0.2) is 0 Å². The monoisotopic (exact) mass is 224 g/mol. The standard InChI is InChI=1S/C14H28N2/c1-12(2)14(7-8-15-10-14)11-16-9-13(3)5-4-6-13/h12,15-16H,4-11H2,1-3H3. The van der Waals surface area contributed by atoms with Crippen molar-refractivity contribution < 1.29 is 0 Å². The smallest absolute Gasteiger partial charge is 0.00231 e. The summed E-state index contributed by atoms with van der Waals surface area (Å²) in [5.74, 6) is 0.782. The van der Waals surface area contributed by atoms with Gasteiger partial charge in [0.25, 0.3) is 0 Å². The zero-order valence-corrected chi connectivity index (χ0v) is 11.2. The van der Waals surface area contributed by atoms with Crippen LogP contribution in [0.2, 0.25) is 0 Å². The van der Waals surface area contributed by atoms with Crippen LogP contribution in [0.15, 0.2) is 0 Å². The van der Waals surface area contributed by atoms with E-state index in [0.29, 0.717) is 10.8 Å². The lowest BCUT2D eigenvalue weighted by molar-refractivity contribution is 0.136. The van der Waals surface area contributed by atoms with Crippen molar-refractivity contribution in [2.24, 2.45) is 16.7 Å². The minimum atomic E-state index is 0.514. The Morgan fingerprint density at radius 2 is 1.94 bits per heavy atom. The average molecular weight is 224 g/mol.